The number of hydrogen-bond donors (Lipinski definition) is 2. The molecule has 0 bridgehead atoms. The van der Waals surface area contributed by atoms with E-state index < -0.39 is 11.8 Å². The van der Waals surface area contributed by atoms with Crippen molar-refractivity contribution in [2.45, 2.75) is 37.6 Å². The summed E-state index contributed by atoms with van der Waals surface area (Å²) >= 11 is 0. The Labute approximate surface area is 58.4 Å². The van der Waals surface area contributed by atoms with Crippen LogP contribution in [0.15, 0.2) is 0 Å². The zero-order chi connectivity index (χ0) is 7.41. The number of rotatable bonds is 2. The fraction of sp³-hybridized carbons (Fsp3) is 1.00. The van der Waals surface area contributed by atoms with Crippen LogP contribution in [0.25, 0.3) is 0 Å². The minimum Gasteiger partial charge on any atom is -0.339 e. The summed E-state index contributed by atoms with van der Waals surface area (Å²) in [6.07, 6.45) is 1.68. The van der Waals surface area contributed by atoms with Crippen molar-refractivity contribution in [3.8, 4) is 0 Å². The largest absolute Gasteiger partial charge is 0.341 e. The first-order chi connectivity index (χ1) is 4.62. The summed E-state index contributed by atoms with van der Waals surface area (Å²) in [5.74, 6) is -3.02. The lowest BCUT2D eigenvalue weighted by Gasteiger charge is -1.86. The average Bonchev–Trinajstić information content (AvgIpc) is 2.55. The Hall–Kier alpha value is -0.160. The molecule has 0 aromatic carbocycles. The van der Waals surface area contributed by atoms with Crippen molar-refractivity contribution in [1.29, 1.82) is 0 Å². The maximum Gasteiger partial charge on any atom is 0.341 e. The fourth-order valence-electron chi connectivity index (χ4n) is 1.25. The number of epoxide rings is 2. The summed E-state index contributed by atoms with van der Waals surface area (Å²) in [6.45, 7) is 2.01. The minimum absolute atomic E-state index is 0.104. The molecule has 58 valence electrons. The molecule has 0 saturated carbocycles. The second-order valence-corrected chi connectivity index (χ2v) is 2.77. The summed E-state index contributed by atoms with van der Waals surface area (Å²) in [7, 11) is 0. The van der Waals surface area contributed by atoms with Crippen molar-refractivity contribution >= 4 is 0 Å². The second-order valence-electron chi connectivity index (χ2n) is 2.77. The first-order valence-corrected chi connectivity index (χ1v) is 3.45. The second kappa shape index (κ2) is 1.53. The van der Waals surface area contributed by atoms with Gasteiger partial charge >= 0.3 is 5.97 Å². The van der Waals surface area contributed by atoms with Crippen LogP contribution in [0.4, 0.5) is 0 Å². The zero-order valence-corrected chi connectivity index (χ0v) is 5.70. The molecule has 0 amide bonds. The van der Waals surface area contributed by atoms with E-state index in [1.165, 1.54) is 0 Å². The predicted octanol–water partition coefficient (Wildman–Crippen LogP) is -0.450. The van der Waals surface area contributed by atoms with Crippen molar-refractivity contribution in [1.82, 2.24) is 0 Å². The Balaban J connectivity index is 1.91. The SMILES string of the molecule is CCCC1OC12OC2(O)O. The van der Waals surface area contributed by atoms with E-state index in [1.54, 1.807) is 0 Å². The van der Waals surface area contributed by atoms with Crippen LogP contribution < -0.4 is 0 Å². The van der Waals surface area contributed by atoms with Crippen molar-refractivity contribution < 1.29 is 19.7 Å². The first-order valence-electron chi connectivity index (χ1n) is 3.45. The van der Waals surface area contributed by atoms with Gasteiger partial charge in [0.25, 0.3) is 5.79 Å². The molecule has 4 heteroatoms. The van der Waals surface area contributed by atoms with Gasteiger partial charge in [0.2, 0.25) is 0 Å². The molecule has 2 saturated heterocycles. The molecular weight excluding hydrogens is 136 g/mol. The molecule has 0 radical (unpaired) electrons. The monoisotopic (exact) mass is 146 g/mol. The molecule has 2 fully saturated rings. The van der Waals surface area contributed by atoms with Gasteiger partial charge in [0.05, 0.1) is 0 Å². The Kier molecular flexibility index (Phi) is 1.00. The van der Waals surface area contributed by atoms with E-state index in [2.05, 4.69) is 4.74 Å². The van der Waals surface area contributed by atoms with Crippen LogP contribution >= 0.6 is 0 Å². The van der Waals surface area contributed by atoms with E-state index >= 15 is 0 Å². The van der Waals surface area contributed by atoms with Gasteiger partial charge in [-0.25, -0.2) is 0 Å². The van der Waals surface area contributed by atoms with Crippen molar-refractivity contribution in [2.24, 2.45) is 0 Å². The van der Waals surface area contributed by atoms with Crippen LogP contribution in [0, 0.1) is 0 Å². The van der Waals surface area contributed by atoms with E-state index in [-0.39, 0.29) is 6.10 Å². The van der Waals surface area contributed by atoms with Crippen LogP contribution in [0.2, 0.25) is 0 Å². The van der Waals surface area contributed by atoms with E-state index in [0.717, 1.165) is 12.8 Å². The maximum absolute atomic E-state index is 8.83. The van der Waals surface area contributed by atoms with Gasteiger partial charge < -0.3 is 14.9 Å². The molecular formula is C6H10O4. The lowest BCUT2D eigenvalue weighted by atomic mass is 10.2. The summed E-state index contributed by atoms with van der Waals surface area (Å²) < 4.78 is 9.51. The highest BCUT2D eigenvalue weighted by Gasteiger charge is 2.87. The standard InChI is InChI=1S/C6H10O4/c1-2-3-4-5(9-4)6(7,8)10-5/h4,7-8H,2-3H2,1H3. The third kappa shape index (κ3) is 0.594. The summed E-state index contributed by atoms with van der Waals surface area (Å²) in [6, 6.07) is 0. The van der Waals surface area contributed by atoms with Crippen LogP contribution in [0.1, 0.15) is 19.8 Å². The topological polar surface area (TPSA) is 65.5 Å². The first kappa shape index (κ1) is 6.54. The Bertz CT molecular complexity index is 167. The molecule has 2 heterocycles. The highest BCUT2D eigenvalue weighted by atomic mass is 17.0. The van der Waals surface area contributed by atoms with Gasteiger partial charge in [-0.3, -0.25) is 4.74 Å². The smallest absolute Gasteiger partial charge is 0.339 e. The van der Waals surface area contributed by atoms with Gasteiger partial charge in [0.15, 0.2) is 0 Å². The van der Waals surface area contributed by atoms with Crippen LogP contribution in [-0.2, 0) is 9.47 Å². The molecule has 1 spiro atoms. The van der Waals surface area contributed by atoms with Crippen LogP contribution in [-0.4, -0.2) is 28.1 Å². The van der Waals surface area contributed by atoms with Crippen molar-refractivity contribution in [2.75, 3.05) is 0 Å². The average molecular weight is 146 g/mol. The molecule has 0 aromatic heterocycles. The van der Waals surface area contributed by atoms with Crippen molar-refractivity contribution in [3.05, 3.63) is 0 Å². The number of hydrogen-bond acceptors (Lipinski definition) is 4. The molecule has 2 unspecified atom stereocenters. The van der Waals surface area contributed by atoms with E-state index in [4.69, 9.17) is 14.9 Å². The Morgan fingerprint density at radius 2 is 2.10 bits per heavy atom. The Morgan fingerprint density at radius 1 is 1.50 bits per heavy atom. The molecule has 10 heavy (non-hydrogen) atoms. The summed E-state index contributed by atoms with van der Waals surface area (Å²) in [4.78, 5) is 0. The quantitative estimate of drug-likeness (QED) is 0.409. The highest BCUT2D eigenvalue weighted by molar-refractivity contribution is 5.11. The zero-order valence-electron chi connectivity index (χ0n) is 5.70. The van der Waals surface area contributed by atoms with Crippen LogP contribution in [0.3, 0.4) is 0 Å². The van der Waals surface area contributed by atoms with E-state index in [0.29, 0.717) is 0 Å². The lowest BCUT2D eigenvalue weighted by Crippen LogP contribution is -2.15. The van der Waals surface area contributed by atoms with Gasteiger partial charge in [0, 0.05) is 0 Å². The molecule has 2 atom stereocenters. The molecule has 0 aromatic rings. The van der Waals surface area contributed by atoms with E-state index in [9.17, 15) is 0 Å². The minimum atomic E-state index is -1.99. The van der Waals surface area contributed by atoms with Gasteiger partial charge in [-0.2, -0.15) is 0 Å². The van der Waals surface area contributed by atoms with Crippen molar-refractivity contribution in [3.63, 3.8) is 0 Å². The maximum atomic E-state index is 8.83. The lowest BCUT2D eigenvalue weighted by molar-refractivity contribution is -0.152. The Morgan fingerprint density at radius 3 is 2.40 bits per heavy atom. The van der Waals surface area contributed by atoms with Gasteiger partial charge in [0.1, 0.15) is 6.10 Å². The third-order valence-electron chi connectivity index (χ3n) is 1.94. The van der Waals surface area contributed by atoms with Gasteiger partial charge in [-0.15, -0.1) is 0 Å². The highest BCUT2D eigenvalue weighted by Crippen LogP contribution is 2.61. The normalized spacial score (nSPS) is 47.7. The molecule has 2 aliphatic rings. The van der Waals surface area contributed by atoms with Crippen LogP contribution in [0.5, 0.6) is 0 Å². The summed E-state index contributed by atoms with van der Waals surface area (Å²) in [5, 5.41) is 17.7. The number of aliphatic hydroxyl groups is 2. The fourth-order valence-corrected chi connectivity index (χ4v) is 1.25. The van der Waals surface area contributed by atoms with Gasteiger partial charge in [-0.1, -0.05) is 13.3 Å². The predicted molar refractivity (Wildman–Crippen MR) is 30.8 cm³/mol. The number of ether oxygens (including phenoxy) is 2. The molecule has 2 N–H and O–H groups in total. The van der Waals surface area contributed by atoms with E-state index in [1.807, 2.05) is 6.92 Å². The molecule has 2 rings (SSSR count). The summed E-state index contributed by atoms with van der Waals surface area (Å²) in [5.41, 5.74) is 0. The molecule has 4 nitrogen and oxygen atoms in total. The van der Waals surface area contributed by atoms with Gasteiger partial charge in [-0.05, 0) is 6.42 Å². The molecule has 0 aliphatic carbocycles. The third-order valence-corrected chi connectivity index (χ3v) is 1.94. The molecule has 2 aliphatic heterocycles.